The van der Waals surface area contributed by atoms with Gasteiger partial charge in [-0.05, 0) is 106 Å². The van der Waals surface area contributed by atoms with Gasteiger partial charge in [0.05, 0.1) is 12.1 Å². The lowest BCUT2D eigenvalue weighted by molar-refractivity contribution is -0.137. The molecule has 0 aromatic heterocycles. The summed E-state index contributed by atoms with van der Waals surface area (Å²) in [4.78, 5) is 17.1. The number of hydrogen-bond donors (Lipinski definition) is 2. The zero-order chi connectivity index (χ0) is 20.8. The fourth-order valence-electron chi connectivity index (χ4n) is 7.90. The molecule has 29 heavy (non-hydrogen) atoms. The average Bonchev–Trinajstić information content (AvgIpc) is 3.02. The summed E-state index contributed by atoms with van der Waals surface area (Å²) in [6, 6.07) is 0. The number of carbonyl (C=O) groups is 1. The largest absolute Gasteiger partial charge is 0.405 e. The third-order valence-electron chi connectivity index (χ3n) is 9.18. The molecule has 4 aliphatic rings. The molecule has 4 nitrogen and oxygen atoms in total. The Labute approximate surface area is 174 Å². The first-order chi connectivity index (χ1) is 13.8. The van der Waals surface area contributed by atoms with Crippen LogP contribution >= 0.6 is 0 Å². The van der Waals surface area contributed by atoms with Crippen LogP contribution in [0.25, 0.3) is 0 Å². The van der Waals surface area contributed by atoms with E-state index in [-0.39, 0.29) is 29.6 Å². The molecular weight excluding hydrogens is 367 g/mol. The number of aliphatic imine (C=N–C) groups is 1. The predicted octanol–water partition coefficient (Wildman–Crippen LogP) is 4.07. The van der Waals surface area contributed by atoms with Crippen LogP contribution in [0.3, 0.4) is 0 Å². The molecule has 0 saturated heterocycles. The Morgan fingerprint density at radius 2 is 1.86 bits per heavy atom. The van der Waals surface area contributed by atoms with E-state index in [1.165, 1.54) is 6.20 Å². The van der Waals surface area contributed by atoms with Crippen LogP contribution in [0.4, 0.5) is 4.39 Å². The van der Waals surface area contributed by atoms with Crippen LogP contribution in [-0.4, -0.2) is 35.4 Å². The lowest BCUT2D eigenvalue weighted by atomic mass is 9.48. The molecule has 0 bridgehead atoms. The van der Waals surface area contributed by atoms with Crippen molar-refractivity contribution in [2.24, 2.45) is 51.6 Å². The highest BCUT2D eigenvalue weighted by Gasteiger charge is 2.60. The van der Waals surface area contributed by atoms with Gasteiger partial charge >= 0.3 is 0 Å². The number of ketones is 1. The van der Waals surface area contributed by atoms with E-state index >= 15 is 4.39 Å². The number of hydrogen-bond acceptors (Lipinski definition) is 4. The maximum atomic E-state index is 15.3. The van der Waals surface area contributed by atoms with Crippen molar-refractivity contribution in [3.63, 3.8) is 0 Å². The molecule has 162 valence electrons. The van der Waals surface area contributed by atoms with Gasteiger partial charge in [-0.2, -0.15) is 0 Å². The predicted molar refractivity (Wildman–Crippen MR) is 113 cm³/mol. The molecule has 0 radical (unpaired) electrons. The molecule has 0 aromatic carbocycles. The number of nitrogens with two attached hydrogens (primary N) is 1. The van der Waals surface area contributed by atoms with Gasteiger partial charge < -0.3 is 10.8 Å². The van der Waals surface area contributed by atoms with E-state index < -0.39 is 11.8 Å². The second-order valence-electron chi connectivity index (χ2n) is 10.8. The number of allylic oxidation sites excluding steroid dienone is 1. The van der Waals surface area contributed by atoms with Gasteiger partial charge in [-0.1, -0.05) is 6.92 Å². The Balaban J connectivity index is 1.49. The highest BCUT2D eigenvalue weighted by atomic mass is 19.1. The Morgan fingerprint density at radius 1 is 1.14 bits per heavy atom. The van der Waals surface area contributed by atoms with E-state index in [0.717, 1.165) is 38.5 Å². The molecule has 0 aliphatic heterocycles. The van der Waals surface area contributed by atoms with Gasteiger partial charge in [-0.3, -0.25) is 9.79 Å². The molecule has 0 amide bonds. The quantitative estimate of drug-likeness (QED) is 0.694. The molecule has 0 heterocycles. The standard InChI is InChI=1S/C24H37FN2O2/c1-23(29)8-6-16-15-7-9-24(2)19(17(15)12-21(25)18(16)13-23)4-5-20(24)22(28)14-27-11-3-10-26/h3,10-11,15-21,29H,4-9,12-14,26H2,1-2H3. The third-order valence-corrected chi connectivity index (χ3v) is 9.18. The molecular formula is C24H37FN2O2. The second-order valence-corrected chi connectivity index (χ2v) is 10.8. The highest BCUT2D eigenvalue weighted by molar-refractivity contribution is 5.86. The fraction of sp³-hybridized carbons (Fsp3) is 0.833. The van der Waals surface area contributed by atoms with E-state index in [1.807, 2.05) is 6.92 Å². The van der Waals surface area contributed by atoms with Gasteiger partial charge in [-0.15, -0.1) is 0 Å². The maximum Gasteiger partial charge on any atom is 0.157 e. The highest BCUT2D eigenvalue weighted by Crippen LogP contribution is 2.65. The van der Waals surface area contributed by atoms with Crippen molar-refractivity contribution in [3.8, 4) is 0 Å². The zero-order valence-corrected chi connectivity index (χ0v) is 17.9. The van der Waals surface area contributed by atoms with E-state index in [9.17, 15) is 9.90 Å². The SMILES string of the molecule is CC1(O)CCC2C(C1)C(F)CC1C2CCC2(C)C(C(=O)CN=CC=CN)CCC12. The molecule has 9 atom stereocenters. The van der Waals surface area contributed by atoms with E-state index in [4.69, 9.17) is 5.73 Å². The summed E-state index contributed by atoms with van der Waals surface area (Å²) in [5, 5.41) is 10.5. The van der Waals surface area contributed by atoms with Crippen molar-refractivity contribution in [1.82, 2.24) is 0 Å². The molecule has 0 aromatic rings. The van der Waals surface area contributed by atoms with Crippen LogP contribution in [-0.2, 0) is 4.79 Å². The maximum absolute atomic E-state index is 15.3. The number of alkyl halides is 1. The van der Waals surface area contributed by atoms with E-state index in [1.54, 1.807) is 12.3 Å². The lowest BCUT2D eigenvalue weighted by Gasteiger charge is -2.57. The first-order valence-electron chi connectivity index (χ1n) is 11.5. The van der Waals surface area contributed by atoms with Gasteiger partial charge in [0.2, 0.25) is 0 Å². The summed E-state index contributed by atoms with van der Waals surface area (Å²) in [6.07, 6.45) is 11.0. The number of aliphatic hydroxyl groups is 1. The number of fused-ring (bicyclic) bond motifs is 5. The van der Waals surface area contributed by atoms with Crippen molar-refractivity contribution in [3.05, 3.63) is 12.3 Å². The number of rotatable bonds is 4. The minimum absolute atomic E-state index is 0.00973. The van der Waals surface area contributed by atoms with Crippen LogP contribution in [0.2, 0.25) is 0 Å². The molecule has 9 unspecified atom stereocenters. The van der Waals surface area contributed by atoms with E-state index in [0.29, 0.717) is 36.5 Å². The first-order valence-corrected chi connectivity index (χ1v) is 11.5. The van der Waals surface area contributed by atoms with Crippen LogP contribution in [0.15, 0.2) is 17.3 Å². The van der Waals surface area contributed by atoms with Gasteiger partial charge in [0.1, 0.15) is 6.17 Å². The minimum Gasteiger partial charge on any atom is -0.405 e. The minimum atomic E-state index is -0.808. The van der Waals surface area contributed by atoms with Crippen molar-refractivity contribution in [2.45, 2.75) is 77.0 Å². The smallest absolute Gasteiger partial charge is 0.157 e. The Bertz CT molecular complexity index is 690. The van der Waals surface area contributed by atoms with E-state index in [2.05, 4.69) is 11.9 Å². The summed E-state index contributed by atoms with van der Waals surface area (Å²) < 4.78 is 15.3. The van der Waals surface area contributed by atoms with Crippen molar-refractivity contribution in [2.75, 3.05) is 6.54 Å². The molecule has 0 spiro atoms. The number of halogens is 1. The molecule has 4 saturated carbocycles. The average molecular weight is 405 g/mol. The summed E-state index contributed by atoms with van der Waals surface area (Å²) in [6.45, 7) is 4.38. The van der Waals surface area contributed by atoms with Crippen molar-refractivity contribution >= 4 is 12.0 Å². The Hall–Kier alpha value is -1.23. The fourth-order valence-corrected chi connectivity index (χ4v) is 7.90. The molecule has 4 fully saturated rings. The van der Waals surface area contributed by atoms with Gasteiger partial charge in [0.25, 0.3) is 0 Å². The second kappa shape index (κ2) is 7.79. The molecule has 4 rings (SSSR count). The molecule has 5 heteroatoms. The van der Waals surface area contributed by atoms with Crippen LogP contribution in [0.5, 0.6) is 0 Å². The van der Waals surface area contributed by atoms with Crippen molar-refractivity contribution in [1.29, 1.82) is 0 Å². The monoisotopic (exact) mass is 404 g/mol. The summed E-state index contributed by atoms with van der Waals surface area (Å²) in [5.41, 5.74) is 4.60. The first kappa shape index (κ1) is 21.0. The zero-order valence-electron chi connectivity index (χ0n) is 17.9. The lowest BCUT2D eigenvalue weighted by Crippen LogP contribution is -2.54. The van der Waals surface area contributed by atoms with Gasteiger partial charge in [0, 0.05) is 12.1 Å². The number of nitrogens with zero attached hydrogens (tertiary/aromatic N) is 1. The topological polar surface area (TPSA) is 75.7 Å². The van der Waals surface area contributed by atoms with Crippen molar-refractivity contribution < 1.29 is 14.3 Å². The van der Waals surface area contributed by atoms with Crippen LogP contribution in [0, 0.1) is 40.9 Å². The summed E-state index contributed by atoms with van der Waals surface area (Å²) >= 11 is 0. The van der Waals surface area contributed by atoms with Crippen LogP contribution in [0.1, 0.15) is 65.2 Å². The molecule has 3 N–H and O–H groups in total. The summed E-state index contributed by atoms with van der Waals surface area (Å²) in [7, 11) is 0. The summed E-state index contributed by atoms with van der Waals surface area (Å²) in [5.74, 6) is 2.13. The molecule has 4 aliphatic carbocycles. The Kier molecular flexibility index (Phi) is 5.65. The third kappa shape index (κ3) is 3.68. The van der Waals surface area contributed by atoms with Crippen LogP contribution < -0.4 is 5.73 Å². The van der Waals surface area contributed by atoms with Gasteiger partial charge in [-0.25, -0.2) is 4.39 Å². The number of carbonyl (C=O) groups excluding carboxylic acids is 1. The number of Topliss-reactive ketones (excluding diaryl/α,β-unsaturated/α-hetero) is 1. The normalized spacial score (nSPS) is 49.7. The van der Waals surface area contributed by atoms with Gasteiger partial charge in [0.15, 0.2) is 5.78 Å². The Morgan fingerprint density at radius 3 is 2.62 bits per heavy atom.